The Hall–Kier alpha value is -2.84. The Balaban J connectivity index is 1.50. The van der Waals surface area contributed by atoms with Crippen molar-refractivity contribution in [2.45, 2.75) is 17.4 Å². The highest BCUT2D eigenvalue weighted by Gasteiger charge is 2.34. The van der Waals surface area contributed by atoms with E-state index in [2.05, 4.69) is 4.98 Å². The van der Waals surface area contributed by atoms with Crippen LogP contribution in [-0.4, -0.2) is 42.2 Å². The Bertz CT molecular complexity index is 1110. The van der Waals surface area contributed by atoms with Crippen molar-refractivity contribution in [1.82, 2.24) is 13.9 Å². The van der Waals surface area contributed by atoms with Crippen molar-refractivity contribution >= 4 is 10.0 Å². The second-order valence-electron chi connectivity index (χ2n) is 6.88. The lowest BCUT2D eigenvalue weighted by atomic mass is 10.1. The normalized spacial score (nSPS) is 19.2. The van der Waals surface area contributed by atoms with Crippen LogP contribution in [0.1, 0.15) is 12.5 Å². The fourth-order valence-corrected chi connectivity index (χ4v) is 5.50. The van der Waals surface area contributed by atoms with E-state index in [9.17, 15) is 8.42 Å². The van der Waals surface area contributed by atoms with Gasteiger partial charge in [-0.25, -0.2) is 13.4 Å². The van der Waals surface area contributed by atoms with Crippen LogP contribution >= 0.6 is 0 Å². The van der Waals surface area contributed by atoms with E-state index in [1.807, 2.05) is 41.1 Å². The smallest absolute Gasteiger partial charge is 0.243 e. The standard InChI is InChI=1S/C20H19N3O4S/c24-28(25,23-9-7-16(12-23)22-10-8-21-13-22)20-4-2-1-3-17(20)15-5-6-18-19(11-15)27-14-26-18/h1-6,8,10-11,13,16H,7,9,12,14H2. The molecule has 2 aliphatic heterocycles. The minimum atomic E-state index is -3.63. The number of sulfonamides is 1. The largest absolute Gasteiger partial charge is 0.454 e. The summed E-state index contributed by atoms with van der Waals surface area (Å²) in [5.74, 6) is 1.30. The predicted octanol–water partition coefficient (Wildman–Crippen LogP) is 2.91. The van der Waals surface area contributed by atoms with E-state index in [4.69, 9.17) is 9.47 Å². The summed E-state index contributed by atoms with van der Waals surface area (Å²) >= 11 is 0. The maximum absolute atomic E-state index is 13.4. The summed E-state index contributed by atoms with van der Waals surface area (Å²) in [5, 5.41) is 0. The maximum atomic E-state index is 13.4. The van der Waals surface area contributed by atoms with Crippen molar-refractivity contribution in [3.63, 3.8) is 0 Å². The Morgan fingerprint density at radius 1 is 1.07 bits per heavy atom. The van der Waals surface area contributed by atoms with Crippen molar-refractivity contribution < 1.29 is 17.9 Å². The molecule has 8 heteroatoms. The highest BCUT2D eigenvalue weighted by Crippen LogP contribution is 2.39. The summed E-state index contributed by atoms with van der Waals surface area (Å²) in [6.45, 7) is 1.11. The summed E-state index contributed by atoms with van der Waals surface area (Å²) in [5.41, 5.74) is 1.45. The molecule has 3 heterocycles. The van der Waals surface area contributed by atoms with Gasteiger partial charge in [-0.05, 0) is 30.2 Å². The first kappa shape index (κ1) is 17.3. The molecule has 0 spiro atoms. The van der Waals surface area contributed by atoms with Crippen LogP contribution in [0.3, 0.4) is 0 Å². The van der Waals surface area contributed by atoms with E-state index >= 15 is 0 Å². The number of benzene rings is 2. The van der Waals surface area contributed by atoms with Crippen LogP contribution < -0.4 is 9.47 Å². The zero-order chi connectivity index (χ0) is 19.1. The van der Waals surface area contributed by atoms with Crippen LogP contribution in [0.25, 0.3) is 11.1 Å². The van der Waals surface area contributed by atoms with Gasteiger partial charge < -0.3 is 14.0 Å². The molecule has 0 saturated carbocycles. The lowest BCUT2D eigenvalue weighted by Gasteiger charge is -2.19. The fraction of sp³-hybridized carbons (Fsp3) is 0.250. The van der Waals surface area contributed by atoms with Gasteiger partial charge in [0.1, 0.15) is 0 Å². The molecule has 0 radical (unpaired) electrons. The summed E-state index contributed by atoms with van der Waals surface area (Å²) in [7, 11) is -3.63. The Kier molecular flexibility index (Phi) is 4.10. The zero-order valence-corrected chi connectivity index (χ0v) is 15.9. The fourth-order valence-electron chi connectivity index (χ4n) is 3.79. The van der Waals surface area contributed by atoms with Gasteiger partial charge in [0.25, 0.3) is 0 Å². The summed E-state index contributed by atoms with van der Waals surface area (Å²) in [6.07, 6.45) is 6.09. The first-order valence-electron chi connectivity index (χ1n) is 9.09. The van der Waals surface area contributed by atoms with Gasteiger partial charge >= 0.3 is 0 Å². The van der Waals surface area contributed by atoms with E-state index in [1.165, 1.54) is 0 Å². The second-order valence-corrected chi connectivity index (χ2v) is 8.79. The number of aromatic nitrogens is 2. The van der Waals surface area contributed by atoms with Gasteiger partial charge in [0.2, 0.25) is 16.8 Å². The SMILES string of the molecule is O=S(=O)(c1ccccc1-c1ccc2c(c1)OCO2)N1CCC(n2ccnc2)C1. The molecule has 7 nitrogen and oxygen atoms in total. The highest BCUT2D eigenvalue weighted by molar-refractivity contribution is 7.89. The first-order valence-corrected chi connectivity index (χ1v) is 10.5. The number of hydrogen-bond acceptors (Lipinski definition) is 5. The molecule has 0 aliphatic carbocycles. The predicted molar refractivity (Wildman–Crippen MR) is 103 cm³/mol. The number of fused-ring (bicyclic) bond motifs is 1. The number of rotatable bonds is 4. The van der Waals surface area contributed by atoms with Gasteiger partial charge in [-0.15, -0.1) is 0 Å². The number of nitrogens with zero attached hydrogens (tertiary/aromatic N) is 3. The molecule has 0 bridgehead atoms. The van der Waals surface area contributed by atoms with Crippen LogP contribution in [0.5, 0.6) is 11.5 Å². The molecular weight excluding hydrogens is 378 g/mol. The van der Waals surface area contributed by atoms with Gasteiger partial charge in [0, 0.05) is 37.1 Å². The molecule has 3 aromatic rings. The monoisotopic (exact) mass is 397 g/mol. The molecule has 0 amide bonds. The van der Waals surface area contributed by atoms with Crippen molar-refractivity contribution in [1.29, 1.82) is 0 Å². The maximum Gasteiger partial charge on any atom is 0.243 e. The minimum Gasteiger partial charge on any atom is -0.454 e. The van der Waals surface area contributed by atoms with Gasteiger partial charge in [-0.3, -0.25) is 0 Å². The van der Waals surface area contributed by atoms with Crippen molar-refractivity contribution in [2.24, 2.45) is 0 Å². The second kappa shape index (κ2) is 6.65. The van der Waals surface area contributed by atoms with Crippen LogP contribution in [-0.2, 0) is 10.0 Å². The summed E-state index contributed by atoms with van der Waals surface area (Å²) < 4.78 is 41.2. The third-order valence-corrected chi connectivity index (χ3v) is 7.18. The van der Waals surface area contributed by atoms with Crippen molar-refractivity contribution in [2.75, 3.05) is 19.9 Å². The van der Waals surface area contributed by atoms with Gasteiger partial charge in [0.05, 0.1) is 11.2 Å². The molecule has 1 saturated heterocycles. The molecule has 1 unspecified atom stereocenters. The summed E-state index contributed by atoms with van der Waals surface area (Å²) in [4.78, 5) is 4.37. The topological polar surface area (TPSA) is 73.7 Å². The van der Waals surface area contributed by atoms with E-state index in [-0.39, 0.29) is 12.8 Å². The van der Waals surface area contributed by atoms with Crippen LogP contribution in [0.4, 0.5) is 0 Å². The molecule has 1 aromatic heterocycles. The lowest BCUT2D eigenvalue weighted by Crippen LogP contribution is -2.29. The third-order valence-electron chi connectivity index (χ3n) is 5.26. The van der Waals surface area contributed by atoms with E-state index in [0.29, 0.717) is 35.0 Å². The summed E-state index contributed by atoms with van der Waals surface area (Å²) in [6, 6.07) is 12.7. The van der Waals surface area contributed by atoms with Crippen LogP contribution in [0.2, 0.25) is 0 Å². The first-order chi connectivity index (χ1) is 13.6. The van der Waals surface area contributed by atoms with E-state index in [0.717, 1.165) is 12.0 Å². The van der Waals surface area contributed by atoms with Crippen LogP contribution in [0.15, 0.2) is 66.1 Å². The molecule has 144 valence electrons. The molecule has 0 N–H and O–H groups in total. The molecule has 2 aromatic carbocycles. The number of imidazole rings is 1. The molecule has 1 fully saturated rings. The average Bonchev–Trinajstić information content (AvgIpc) is 3.48. The Labute approximate surface area is 163 Å². The molecular formula is C20H19N3O4S. The highest BCUT2D eigenvalue weighted by atomic mass is 32.2. The molecule has 28 heavy (non-hydrogen) atoms. The van der Waals surface area contributed by atoms with E-state index < -0.39 is 10.0 Å². The lowest BCUT2D eigenvalue weighted by molar-refractivity contribution is 0.174. The van der Waals surface area contributed by atoms with Crippen molar-refractivity contribution in [3.8, 4) is 22.6 Å². The number of ether oxygens (including phenoxy) is 2. The zero-order valence-electron chi connectivity index (χ0n) is 15.1. The Morgan fingerprint density at radius 2 is 1.93 bits per heavy atom. The number of hydrogen-bond donors (Lipinski definition) is 0. The molecule has 1 atom stereocenters. The third kappa shape index (κ3) is 2.85. The Morgan fingerprint density at radius 3 is 2.79 bits per heavy atom. The van der Waals surface area contributed by atoms with Gasteiger partial charge in [-0.1, -0.05) is 24.3 Å². The minimum absolute atomic E-state index is 0.106. The quantitative estimate of drug-likeness (QED) is 0.677. The molecule has 2 aliphatic rings. The average molecular weight is 397 g/mol. The van der Waals surface area contributed by atoms with Crippen molar-refractivity contribution in [3.05, 3.63) is 61.2 Å². The van der Waals surface area contributed by atoms with Gasteiger partial charge in [0.15, 0.2) is 11.5 Å². The van der Waals surface area contributed by atoms with Gasteiger partial charge in [-0.2, -0.15) is 4.31 Å². The molecule has 5 rings (SSSR count). The van der Waals surface area contributed by atoms with E-state index in [1.54, 1.807) is 29.0 Å². The van der Waals surface area contributed by atoms with Crippen LogP contribution in [0, 0.1) is 0 Å².